The quantitative estimate of drug-likeness (QED) is 0.185. The van der Waals surface area contributed by atoms with E-state index in [4.69, 9.17) is 16.3 Å². The van der Waals surface area contributed by atoms with E-state index < -0.39 is 17.4 Å². The summed E-state index contributed by atoms with van der Waals surface area (Å²) in [6.45, 7) is 21.3. The predicted molar refractivity (Wildman–Crippen MR) is 203 cm³/mol. The maximum absolute atomic E-state index is 14.5. The van der Waals surface area contributed by atoms with Crippen molar-refractivity contribution in [2.24, 2.45) is 56.2 Å². The van der Waals surface area contributed by atoms with Gasteiger partial charge in [0.1, 0.15) is 6.10 Å². The number of halogens is 1. The van der Waals surface area contributed by atoms with Crippen LogP contribution in [0, 0.1) is 56.2 Å². The van der Waals surface area contributed by atoms with Crippen molar-refractivity contribution in [1.29, 1.82) is 0 Å². The zero-order chi connectivity index (χ0) is 37.4. The number of allylic oxidation sites excluding steroid dienone is 2. The Morgan fingerprint density at radius 2 is 1.59 bits per heavy atom. The molecule has 0 heterocycles. The molecule has 0 radical (unpaired) electrons. The minimum atomic E-state index is -1.15. The van der Waals surface area contributed by atoms with E-state index in [0.29, 0.717) is 42.5 Å². The summed E-state index contributed by atoms with van der Waals surface area (Å²) in [6, 6.07) is 7.87. The molecule has 0 bridgehead atoms. The standard InChI is InChI=1S/C44H64ClNO5/c1-27(2)30-16-21-44(34(47)26-46-25-28-10-12-29(45)13-11-28)23-22-42(8)31(37(30)44)14-15-33-41(7)19-18-35(51-36(48)24-39(3,4)38(49)50)40(5,6)32(41)17-20-43(33,42)9/h10-13,27,31-33,35,46H,14-26H2,1-9H3,(H,49,50). The highest BCUT2D eigenvalue weighted by Crippen LogP contribution is 2.77. The third-order valence-electron chi connectivity index (χ3n) is 16.1. The van der Waals surface area contributed by atoms with Crippen LogP contribution < -0.4 is 5.32 Å². The van der Waals surface area contributed by atoms with E-state index in [-0.39, 0.29) is 39.6 Å². The second-order valence-corrected chi connectivity index (χ2v) is 20.1. The van der Waals surface area contributed by atoms with Gasteiger partial charge in [-0.25, -0.2) is 0 Å². The van der Waals surface area contributed by atoms with E-state index in [1.54, 1.807) is 19.4 Å². The molecule has 8 atom stereocenters. The first kappa shape index (κ1) is 38.5. The SMILES string of the molecule is CC(C)C1=C2C3CCC4C5(C)CCC(OC(=O)CC(C)(C)C(=O)O)C(C)(C)C5CCC4(C)C3(C)CCC2(C(=O)CNCc2ccc(Cl)cc2)CC1. The summed E-state index contributed by atoms with van der Waals surface area (Å²) in [5.41, 5.74) is 2.91. The van der Waals surface area contributed by atoms with Gasteiger partial charge in [-0.2, -0.15) is 0 Å². The molecule has 6 nitrogen and oxygen atoms in total. The first-order valence-electron chi connectivity index (χ1n) is 19.9. The molecule has 0 saturated heterocycles. The summed E-state index contributed by atoms with van der Waals surface area (Å²) < 4.78 is 6.18. The normalized spacial score (nSPS) is 37.2. The van der Waals surface area contributed by atoms with Crippen LogP contribution in [0.4, 0.5) is 0 Å². The second-order valence-electron chi connectivity index (χ2n) is 19.6. The van der Waals surface area contributed by atoms with Crippen LogP contribution in [0.5, 0.6) is 0 Å². The molecule has 1 aromatic carbocycles. The Bertz CT molecular complexity index is 1580. The summed E-state index contributed by atoms with van der Waals surface area (Å²) in [7, 11) is 0. The Hall–Kier alpha value is -2.18. The number of carboxylic acids is 1. The first-order chi connectivity index (χ1) is 23.7. The summed E-state index contributed by atoms with van der Waals surface area (Å²) >= 11 is 6.11. The largest absolute Gasteiger partial charge is 0.481 e. The highest BCUT2D eigenvalue weighted by atomic mass is 35.5. The number of ketones is 1. The van der Waals surface area contributed by atoms with Gasteiger partial charge in [0, 0.05) is 17.0 Å². The first-order valence-corrected chi connectivity index (χ1v) is 20.3. The Labute approximate surface area is 312 Å². The molecule has 5 aliphatic carbocycles. The molecule has 2 N–H and O–H groups in total. The monoisotopic (exact) mass is 721 g/mol. The number of carbonyl (C=O) groups is 3. The molecule has 0 amide bonds. The number of carboxylic acid groups (broad SMARTS) is 1. The second kappa shape index (κ2) is 13.3. The zero-order valence-corrected chi connectivity index (χ0v) is 33.6. The van der Waals surface area contributed by atoms with E-state index in [1.807, 2.05) is 24.3 Å². The minimum absolute atomic E-state index is 0.111. The van der Waals surface area contributed by atoms with Crippen LogP contribution in [0.15, 0.2) is 35.4 Å². The lowest BCUT2D eigenvalue weighted by Crippen LogP contribution is -2.66. The van der Waals surface area contributed by atoms with Gasteiger partial charge in [0.2, 0.25) is 0 Å². The van der Waals surface area contributed by atoms with Crippen molar-refractivity contribution in [3.8, 4) is 0 Å². The average molecular weight is 722 g/mol. The molecule has 5 aliphatic rings. The maximum Gasteiger partial charge on any atom is 0.309 e. The molecular weight excluding hydrogens is 658 g/mol. The highest BCUT2D eigenvalue weighted by Gasteiger charge is 2.70. The lowest BCUT2D eigenvalue weighted by Gasteiger charge is -2.72. The number of hydrogen-bond donors (Lipinski definition) is 2. The van der Waals surface area contributed by atoms with Crippen LogP contribution in [-0.4, -0.2) is 35.5 Å². The van der Waals surface area contributed by atoms with Gasteiger partial charge < -0.3 is 15.2 Å². The molecular formula is C44H64ClNO5. The number of aliphatic carboxylic acids is 1. The third kappa shape index (κ3) is 6.15. The van der Waals surface area contributed by atoms with Gasteiger partial charge in [0.25, 0.3) is 0 Å². The molecule has 0 spiro atoms. The minimum Gasteiger partial charge on any atom is -0.481 e. The van der Waals surface area contributed by atoms with Gasteiger partial charge in [0.05, 0.1) is 23.8 Å². The van der Waals surface area contributed by atoms with Gasteiger partial charge in [-0.1, -0.05) is 83.3 Å². The van der Waals surface area contributed by atoms with Crippen molar-refractivity contribution in [2.75, 3.05) is 6.54 Å². The van der Waals surface area contributed by atoms with E-state index in [0.717, 1.165) is 68.4 Å². The number of hydrogen-bond acceptors (Lipinski definition) is 5. The molecule has 8 unspecified atom stereocenters. The number of Topliss-reactive ketones (excluding diaryl/α,β-unsaturated/α-hetero) is 1. The van der Waals surface area contributed by atoms with Crippen LogP contribution in [0.3, 0.4) is 0 Å². The van der Waals surface area contributed by atoms with Crippen LogP contribution in [0.25, 0.3) is 0 Å². The fourth-order valence-corrected chi connectivity index (χ4v) is 13.1. The molecule has 51 heavy (non-hydrogen) atoms. The van der Waals surface area contributed by atoms with Crippen molar-refractivity contribution in [3.05, 3.63) is 46.0 Å². The number of carbonyl (C=O) groups excluding carboxylic acids is 2. The van der Waals surface area contributed by atoms with Crippen molar-refractivity contribution < 1.29 is 24.2 Å². The molecule has 0 aromatic heterocycles. The average Bonchev–Trinajstić information content (AvgIpc) is 3.45. The lowest BCUT2D eigenvalue weighted by molar-refractivity contribution is -0.233. The summed E-state index contributed by atoms with van der Waals surface area (Å²) in [5, 5.41) is 13.8. The Morgan fingerprint density at radius 3 is 2.24 bits per heavy atom. The van der Waals surface area contributed by atoms with Gasteiger partial charge in [-0.3, -0.25) is 14.4 Å². The molecule has 1 aromatic rings. The van der Waals surface area contributed by atoms with E-state index >= 15 is 0 Å². The fourth-order valence-electron chi connectivity index (χ4n) is 13.0. The number of nitrogens with one attached hydrogen (secondary N) is 1. The van der Waals surface area contributed by atoms with Crippen molar-refractivity contribution in [1.82, 2.24) is 5.32 Å². The number of benzene rings is 1. The summed E-state index contributed by atoms with van der Waals surface area (Å²) in [6.07, 6.45) is 10.1. The number of rotatable bonds is 10. The van der Waals surface area contributed by atoms with Crippen LogP contribution in [-0.2, 0) is 25.7 Å². The predicted octanol–water partition coefficient (Wildman–Crippen LogP) is 10.2. The molecule has 4 saturated carbocycles. The van der Waals surface area contributed by atoms with Gasteiger partial charge in [-0.05, 0) is 136 Å². The Balaban J connectivity index is 1.24. The van der Waals surface area contributed by atoms with Gasteiger partial charge in [0.15, 0.2) is 5.78 Å². The summed E-state index contributed by atoms with van der Waals surface area (Å²) in [4.78, 5) is 39.3. The molecule has 6 rings (SSSR count). The van der Waals surface area contributed by atoms with Crippen molar-refractivity contribution in [3.63, 3.8) is 0 Å². The van der Waals surface area contributed by atoms with E-state index in [9.17, 15) is 19.5 Å². The number of ether oxygens (including phenoxy) is 1. The van der Waals surface area contributed by atoms with Gasteiger partial charge in [-0.15, -0.1) is 0 Å². The lowest BCUT2D eigenvalue weighted by atomic mass is 9.33. The number of esters is 1. The van der Waals surface area contributed by atoms with Crippen LogP contribution >= 0.6 is 11.6 Å². The van der Waals surface area contributed by atoms with Gasteiger partial charge >= 0.3 is 11.9 Å². The van der Waals surface area contributed by atoms with Crippen molar-refractivity contribution >= 4 is 29.3 Å². The molecule has 7 heteroatoms. The van der Waals surface area contributed by atoms with Crippen molar-refractivity contribution in [2.45, 2.75) is 146 Å². The van der Waals surface area contributed by atoms with E-state index in [1.165, 1.54) is 12.0 Å². The Kier molecular flexibility index (Phi) is 10.0. The molecule has 0 aliphatic heterocycles. The fraction of sp³-hybridized carbons (Fsp3) is 0.750. The van der Waals surface area contributed by atoms with Crippen LogP contribution in [0.2, 0.25) is 5.02 Å². The topological polar surface area (TPSA) is 92.7 Å². The molecule has 282 valence electrons. The zero-order valence-electron chi connectivity index (χ0n) is 32.8. The maximum atomic E-state index is 14.5. The molecule has 4 fully saturated rings. The summed E-state index contributed by atoms with van der Waals surface area (Å²) in [5.74, 6) is 0.844. The third-order valence-corrected chi connectivity index (χ3v) is 16.4. The highest BCUT2D eigenvalue weighted by molar-refractivity contribution is 6.30. The van der Waals surface area contributed by atoms with Crippen LogP contribution in [0.1, 0.15) is 139 Å². The van der Waals surface area contributed by atoms with E-state index in [2.05, 4.69) is 53.8 Å². The Morgan fingerprint density at radius 1 is 0.902 bits per heavy atom. The smallest absolute Gasteiger partial charge is 0.309 e. The number of fused-ring (bicyclic) bond motifs is 7.